The van der Waals surface area contributed by atoms with Gasteiger partial charge in [0, 0.05) is 0 Å². The molecule has 0 radical (unpaired) electrons. The first-order valence-corrected chi connectivity index (χ1v) is 7.96. The first kappa shape index (κ1) is 15.9. The third kappa shape index (κ3) is 3.49. The maximum absolute atomic E-state index is 11.2. The van der Waals surface area contributed by atoms with E-state index in [0.717, 1.165) is 15.8 Å². The van der Waals surface area contributed by atoms with Gasteiger partial charge in [-0.05, 0) is 41.5 Å². The molecule has 0 saturated carbocycles. The van der Waals surface area contributed by atoms with E-state index in [1.54, 1.807) is 18.2 Å². The number of aliphatic carboxylic acids is 1. The zero-order chi connectivity index (χ0) is 17.1. The third-order valence-corrected chi connectivity index (χ3v) is 4.52. The highest BCUT2D eigenvalue weighted by Gasteiger charge is 2.12. The van der Waals surface area contributed by atoms with Crippen LogP contribution in [0.1, 0.15) is 27.3 Å². The molecule has 120 valence electrons. The monoisotopic (exact) mass is 339 g/mol. The Morgan fingerprint density at radius 3 is 2.38 bits per heavy atom. The van der Waals surface area contributed by atoms with Gasteiger partial charge >= 0.3 is 11.9 Å². The number of carboxylic acid groups (broad SMARTS) is 2. The fraction of sp³-hybridized carbons (Fsp3) is 0.0556. The number of benzene rings is 2. The molecule has 3 aromatic rings. The Kier molecular flexibility index (Phi) is 4.39. The van der Waals surface area contributed by atoms with E-state index in [9.17, 15) is 14.7 Å². The Labute approximate surface area is 141 Å². The number of carbonyl (C=O) groups is 2. The minimum absolute atomic E-state index is 0.152. The standard InChI is InChI=1S/C18H13NO4S/c20-16(21)10-13(9-11-5-7-12(8-6-11)18(22)23)17-19-14-3-1-2-4-15(14)24-17/h1-9H,10H2,(H,20,21)(H,22,23)/b13-9+. The summed E-state index contributed by atoms with van der Waals surface area (Å²) >= 11 is 1.44. The van der Waals surface area contributed by atoms with Crippen LogP contribution >= 0.6 is 11.3 Å². The van der Waals surface area contributed by atoms with E-state index in [1.807, 2.05) is 24.3 Å². The van der Waals surface area contributed by atoms with Crippen LogP contribution in [-0.4, -0.2) is 27.1 Å². The fourth-order valence-corrected chi connectivity index (χ4v) is 3.26. The summed E-state index contributed by atoms with van der Waals surface area (Å²) in [5.74, 6) is -1.94. The highest BCUT2D eigenvalue weighted by atomic mass is 32.1. The van der Waals surface area contributed by atoms with Gasteiger partial charge in [0.05, 0.1) is 22.2 Å². The van der Waals surface area contributed by atoms with Gasteiger partial charge in [0.2, 0.25) is 0 Å². The van der Waals surface area contributed by atoms with Crippen molar-refractivity contribution in [3.05, 3.63) is 64.7 Å². The summed E-state index contributed by atoms with van der Waals surface area (Å²) in [4.78, 5) is 26.6. The second kappa shape index (κ2) is 6.64. The normalized spacial score (nSPS) is 11.6. The molecule has 0 bridgehead atoms. The first-order valence-electron chi connectivity index (χ1n) is 7.14. The van der Waals surface area contributed by atoms with Gasteiger partial charge in [-0.1, -0.05) is 24.3 Å². The van der Waals surface area contributed by atoms with Crippen molar-refractivity contribution in [3.8, 4) is 0 Å². The van der Waals surface area contributed by atoms with Gasteiger partial charge < -0.3 is 10.2 Å². The lowest BCUT2D eigenvalue weighted by atomic mass is 10.1. The number of hydrogen-bond donors (Lipinski definition) is 2. The average Bonchev–Trinajstić information content (AvgIpc) is 2.98. The Balaban J connectivity index is 2.01. The average molecular weight is 339 g/mol. The van der Waals surface area contributed by atoms with Crippen molar-refractivity contribution in [1.29, 1.82) is 0 Å². The van der Waals surface area contributed by atoms with Crippen LogP contribution in [0.5, 0.6) is 0 Å². The zero-order valence-electron chi connectivity index (χ0n) is 12.5. The highest BCUT2D eigenvalue weighted by molar-refractivity contribution is 7.19. The molecule has 5 nitrogen and oxygen atoms in total. The van der Waals surface area contributed by atoms with Crippen LogP contribution in [-0.2, 0) is 4.79 Å². The van der Waals surface area contributed by atoms with Gasteiger partial charge in [0.1, 0.15) is 5.01 Å². The molecule has 1 heterocycles. The molecule has 1 aromatic heterocycles. The molecular formula is C18H13NO4S. The number of rotatable bonds is 5. The topological polar surface area (TPSA) is 87.5 Å². The summed E-state index contributed by atoms with van der Waals surface area (Å²) in [5.41, 5.74) is 2.34. The van der Waals surface area contributed by atoms with Crippen molar-refractivity contribution < 1.29 is 19.8 Å². The molecule has 0 aliphatic carbocycles. The number of para-hydroxylation sites is 1. The summed E-state index contributed by atoms with van der Waals surface area (Å²) in [7, 11) is 0. The summed E-state index contributed by atoms with van der Waals surface area (Å²) in [6, 6.07) is 13.9. The van der Waals surface area contributed by atoms with E-state index in [-0.39, 0.29) is 12.0 Å². The zero-order valence-corrected chi connectivity index (χ0v) is 13.3. The number of hydrogen-bond acceptors (Lipinski definition) is 4. The number of fused-ring (bicyclic) bond motifs is 1. The predicted octanol–water partition coefficient (Wildman–Crippen LogP) is 4.01. The molecule has 0 aliphatic rings. The van der Waals surface area contributed by atoms with Crippen molar-refractivity contribution >= 4 is 45.1 Å². The van der Waals surface area contributed by atoms with E-state index in [1.165, 1.54) is 23.5 Å². The molecule has 24 heavy (non-hydrogen) atoms. The maximum Gasteiger partial charge on any atom is 0.335 e. The summed E-state index contributed by atoms with van der Waals surface area (Å²) in [6.45, 7) is 0. The van der Waals surface area contributed by atoms with Gasteiger partial charge in [-0.25, -0.2) is 9.78 Å². The van der Waals surface area contributed by atoms with E-state index >= 15 is 0 Å². The second-order valence-corrected chi connectivity index (χ2v) is 6.18. The smallest absolute Gasteiger partial charge is 0.335 e. The van der Waals surface area contributed by atoms with Crippen molar-refractivity contribution in [2.24, 2.45) is 0 Å². The van der Waals surface area contributed by atoms with E-state index in [4.69, 9.17) is 5.11 Å². The van der Waals surface area contributed by atoms with E-state index < -0.39 is 11.9 Å². The molecule has 0 amide bonds. The van der Waals surface area contributed by atoms with Crippen molar-refractivity contribution in [3.63, 3.8) is 0 Å². The Morgan fingerprint density at radius 1 is 1.04 bits per heavy atom. The molecule has 0 spiro atoms. The molecule has 0 aliphatic heterocycles. The van der Waals surface area contributed by atoms with Crippen molar-refractivity contribution in [1.82, 2.24) is 4.98 Å². The van der Waals surface area contributed by atoms with E-state index in [0.29, 0.717) is 10.6 Å². The van der Waals surface area contributed by atoms with E-state index in [2.05, 4.69) is 4.98 Å². The number of aromatic carboxylic acids is 1. The van der Waals surface area contributed by atoms with Crippen LogP contribution in [0, 0.1) is 0 Å². The minimum Gasteiger partial charge on any atom is -0.481 e. The number of carboxylic acids is 2. The molecule has 0 unspecified atom stereocenters. The quantitative estimate of drug-likeness (QED) is 0.733. The first-order chi connectivity index (χ1) is 11.5. The fourth-order valence-electron chi connectivity index (χ4n) is 2.28. The maximum atomic E-state index is 11.2. The summed E-state index contributed by atoms with van der Waals surface area (Å²) in [5, 5.41) is 18.8. The van der Waals surface area contributed by atoms with Gasteiger partial charge in [-0.15, -0.1) is 11.3 Å². The van der Waals surface area contributed by atoms with Crippen LogP contribution in [0.25, 0.3) is 21.9 Å². The van der Waals surface area contributed by atoms with Crippen LogP contribution in [0.4, 0.5) is 0 Å². The van der Waals surface area contributed by atoms with Crippen molar-refractivity contribution in [2.45, 2.75) is 6.42 Å². The van der Waals surface area contributed by atoms with Crippen molar-refractivity contribution in [2.75, 3.05) is 0 Å². The molecular weight excluding hydrogens is 326 g/mol. The molecule has 0 saturated heterocycles. The molecule has 2 aromatic carbocycles. The molecule has 0 atom stereocenters. The summed E-state index contributed by atoms with van der Waals surface area (Å²) in [6.07, 6.45) is 1.58. The number of nitrogens with zero attached hydrogens (tertiary/aromatic N) is 1. The molecule has 2 N–H and O–H groups in total. The third-order valence-electron chi connectivity index (χ3n) is 3.41. The van der Waals surface area contributed by atoms with Crippen LogP contribution in [0.3, 0.4) is 0 Å². The van der Waals surface area contributed by atoms with Crippen LogP contribution in [0.15, 0.2) is 48.5 Å². The van der Waals surface area contributed by atoms with Gasteiger partial charge in [0.15, 0.2) is 0 Å². The van der Waals surface area contributed by atoms with Gasteiger partial charge in [-0.2, -0.15) is 0 Å². The molecule has 3 rings (SSSR count). The number of aromatic nitrogens is 1. The summed E-state index contributed by atoms with van der Waals surface area (Å²) < 4.78 is 0.991. The lowest BCUT2D eigenvalue weighted by Gasteiger charge is -2.02. The molecule has 6 heteroatoms. The largest absolute Gasteiger partial charge is 0.481 e. The second-order valence-electron chi connectivity index (χ2n) is 5.15. The highest BCUT2D eigenvalue weighted by Crippen LogP contribution is 2.30. The molecule has 0 fully saturated rings. The predicted molar refractivity (Wildman–Crippen MR) is 93.1 cm³/mol. The minimum atomic E-state index is -0.998. The Bertz CT molecular complexity index is 908. The van der Waals surface area contributed by atoms with Gasteiger partial charge in [-0.3, -0.25) is 4.79 Å². The van der Waals surface area contributed by atoms with Crippen LogP contribution < -0.4 is 0 Å². The lowest BCUT2D eigenvalue weighted by molar-refractivity contribution is -0.135. The lowest BCUT2D eigenvalue weighted by Crippen LogP contribution is -1.97. The Hall–Kier alpha value is -2.99. The Morgan fingerprint density at radius 2 is 1.75 bits per heavy atom. The van der Waals surface area contributed by atoms with Crippen LogP contribution in [0.2, 0.25) is 0 Å². The van der Waals surface area contributed by atoms with Gasteiger partial charge in [0.25, 0.3) is 0 Å². The SMILES string of the molecule is O=C(O)C/C(=C\c1ccc(C(=O)O)cc1)c1nc2ccccc2s1. The number of thiazole rings is 1.